The molecule has 9 rings (SSSR count). The average molecular weight is 777 g/mol. The molecule has 0 aliphatic carbocycles. The van der Waals surface area contributed by atoms with Gasteiger partial charge in [-0.3, -0.25) is 4.57 Å². The Hall–Kier alpha value is -4.54. The van der Waals surface area contributed by atoms with Crippen LogP contribution in [0.2, 0.25) is 0 Å². The normalized spacial score (nSPS) is 12.3. The van der Waals surface area contributed by atoms with Crippen LogP contribution in [0.5, 0.6) is 0 Å². The Kier molecular flexibility index (Phi) is 10.9. The molecule has 0 atom stereocenters. The molecule has 0 unspecified atom stereocenters. The summed E-state index contributed by atoms with van der Waals surface area (Å²) in [5.41, 5.74) is 1.85. The van der Waals surface area contributed by atoms with Crippen molar-refractivity contribution in [2.24, 2.45) is 0 Å². The highest BCUT2D eigenvalue weighted by atomic mass is 16.3. The van der Waals surface area contributed by atoms with Crippen molar-refractivity contribution in [2.75, 3.05) is 0 Å². The first kappa shape index (κ1) is 45.6. The van der Waals surface area contributed by atoms with Gasteiger partial charge < -0.3 is 5.11 Å². The lowest BCUT2D eigenvalue weighted by atomic mass is 9.35. The minimum atomic E-state index is -2.63. The highest BCUT2D eigenvalue weighted by Gasteiger charge is 2.39. The van der Waals surface area contributed by atoms with Crippen LogP contribution in [0.25, 0.3) is 82.1 Å². The predicted octanol–water partition coefficient (Wildman–Crippen LogP) is -9.65. The fourth-order valence-electron chi connectivity index (χ4n) is 9.07. The van der Waals surface area contributed by atoms with Crippen LogP contribution in [0.3, 0.4) is 0 Å². The van der Waals surface area contributed by atoms with Crippen molar-refractivity contribution in [3.63, 3.8) is 0 Å². The van der Waals surface area contributed by atoms with Crippen LogP contribution in [0.4, 0.5) is 0 Å². The molecule has 9 aromatic rings. The third kappa shape index (κ3) is 6.23. The Morgan fingerprint density at radius 2 is 0.769 bits per heavy atom. The van der Waals surface area contributed by atoms with E-state index in [4.69, 9.17) is 154 Å². The number of benzene rings is 8. The van der Waals surface area contributed by atoms with Crippen molar-refractivity contribution >= 4 is 285 Å². The maximum atomic E-state index is 10.9. The summed E-state index contributed by atoms with van der Waals surface area (Å²) in [4.78, 5) is 4.70. The van der Waals surface area contributed by atoms with E-state index < -0.39 is 10.6 Å². The molecule has 8 aromatic carbocycles. The van der Waals surface area contributed by atoms with Crippen LogP contribution in [-0.2, 0) is 5.21 Å². The van der Waals surface area contributed by atoms with E-state index in [9.17, 15) is 5.11 Å². The molecule has 1 N–H and O–H groups in total. The lowest BCUT2D eigenvalue weighted by Gasteiger charge is -2.39. The number of hydrogen-bond donors (Lipinski definition) is 1. The zero-order valence-electron chi connectivity index (χ0n) is 34.6. The second-order valence-corrected chi connectivity index (χ2v) is 16.2. The van der Waals surface area contributed by atoms with Crippen molar-refractivity contribution < 1.29 is 5.11 Å². The number of aromatic nitrogens is 2. The van der Waals surface area contributed by atoms with E-state index in [1.54, 1.807) is 41.0 Å². The monoisotopic (exact) mass is 780 g/mol. The maximum Gasteiger partial charge on any atom is 0.113 e. The van der Waals surface area contributed by atoms with E-state index in [1.165, 1.54) is 0 Å². The summed E-state index contributed by atoms with van der Waals surface area (Å²) >= 11 is 0. The molecule has 256 valence electrons. The first-order valence-electron chi connectivity index (χ1n) is 19.6. The molecule has 0 fully saturated rings. The van der Waals surface area contributed by atoms with Gasteiger partial charge in [-0.1, -0.05) is 86.2 Å². The Bertz CT molecular complexity index is 3550. The minimum Gasteiger partial charge on any atom is -0.410 e. The van der Waals surface area contributed by atoms with Gasteiger partial charge in [0.1, 0.15) is 124 Å². The highest BCUT2D eigenvalue weighted by Crippen LogP contribution is 2.45. The van der Waals surface area contributed by atoms with E-state index >= 15 is 0 Å². The Balaban J connectivity index is 1.56. The zero-order valence-corrected chi connectivity index (χ0v) is 34.6. The number of fused-ring (bicyclic) bond motifs is 5. The summed E-state index contributed by atoms with van der Waals surface area (Å²) in [7, 11) is 127. The number of imidazole rings is 1. The van der Waals surface area contributed by atoms with Gasteiger partial charge in [-0.05, 0) is 88.8 Å². The molecule has 0 amide bonds. The number of hydrogen-bond acceptors (Lipinski definition) is 2. The molecule has 0 saturated carbocycles. The third-order valence-electron chi connectivity index (χ3n) is 12.6. The van der Waals surface area contributed by atoms with E-state index in [1.807, 2.05) is 24.3 Å². The molecule has 65 heavy (non-hydrogen) atoms. The molecular weight excluding hydrogens is 766 g/mol. The van der Waals surface area contributed by atoms with Gasteiger partial charge in [0.15, 0.2) is 0 Å². The van der Waals surface area contributed by atoms with E-state index in [0.29, 0.717) is 38.6 Å². The summed E-state index contributed by atoms with van der Waals surface area (Å²) in [6, 6.07) is 18.0. The molecule has 0 aliphatic heterocycles. The first-order chi connectivity index (χ1) is 30.5. The lowest BCUT2D eigenvalue weighted by Crippen LogP contribution is -2.55. The van der Waals surface area contributed by atoms with Gasteiger partial charge in [0.05, 0.1) is 48.1 Å². The second-order valence-electron chi connectivity index (χ2n) is 16.2. The number of para-hydroxylation sites is 2. The molecule has 0 bridgehead atoms. The first-order valence-corrected chi connectivity index (χ1v) is 19.6. The quantitative estimate of drug-likeness (QED) is 0.140. The van der Waals surface area contributed by atoms with Gasteiger partial charge in [0.25, 0.3) is 0 Å². The molecule has 3 nitrogen and oxygen atoms in total. The van der Waals surface area contributed by atoms with E-state index in [0.717, 1.165) is 0 Å². The van der Waals surface area contributed by atoms with Crippen LogP contribution < -0.4 is 81.9 Å². The fourth-order valence-corrected chi connectivity index (χ4v) is 9.07. The van der Waals surface area contributed by atoms with Gasteiger partial charge in [0, 0.05) is 5.39 Å². The Morgan fingerprint density at radius 1 is 0.385 bits per heavy atom. The molecular formula is C43H11B19N2O. The maximum absolute atomic E-state index is 10.9. The number of rotatable bonds is 5. The van der Waals surface area contributed by atoms with Crippen molar-refractivity contribution in [1.82, 2.24) is 9.55 Å². The molecule has 0 aliphatic rings. The Morgan fingerprint density at radius 3 is 1.25 bits per heavy atom. The minimum absolute atomic E-state index is 0.0157. The summed E-state index contributed by atoms with van der Waals surface area (Å²) in [5, 5.41) is 8.24. The van der Waals surface area contributed by atoms with Crippen molar-refractivity contribution in [1.29, 1.82) is 0 Å². The summed E-state index contributed by atoms with van der Waals surface area (Å²) in [5.74, 6) is -0.0558. The second kappa shape index (κ2) is 15.5. The zero-order chi connectivity index (χ0) is 47.3. The summed E-state index contributed by atoms with van der Waals surface area (Å²) < 4.78 is 1.66. The van der Waals surface area contributed by atoms with Crippen molar-refractivity contribution in [3.05, 3.63) is 66.5 Å². The average Bonchev–Trinajstić information content (AvgIpc) is 3.68. The standard InChI is InChI=1S/C43H11B19N2O/c44-26-19-17(13-9-10-15(12-6-2-1-5-11(12)13)64-16-8-4-3-7-14(16)63-41(64)42(59,60)43(61,62)65)20-22(30(48)38(56)36(54)27(20)45)18(21(19)29(47)37(55)35(26)53)23-24-25(32(50)34(52)28(23)46)33(51)40(58)39(57)31(24)49/h1-10,65H. The number of aliphatic hydroxyl groups is 1. The third-order valence-corrected chi connectivity index (χ3v) is 12.6. The van der Waals surface area contributed by atoms with Crippen molar-refractivity contribution in [3.8, 4) is 27.9 Å². The molecule has 1 aromatic heterocycles. The van der Waals surface area contributed by atoms with Gasteiger partial charge >= 0.3 is 0 Å². The van der Waals surface area contributed by atoms with Gasteiger partial charge in [-0.25, -0.2) is 4.98 Å². The van der Waals surface area contributed by atoms with E-state index in [2.05, 4.69) is 0 Å². The molecule has 22 heteroatoms. The van der Waals surface area contributed by atoms with Crippen LogP contribution in [0, 0.1) is 0 Å². The van der Waals surface area contributed by atoms with Crippen molar-refractivity contribution in [2.45, 2.75) is 10.6 Å². The SMILES string of the molecule is [B]c1c([B])c([B])c2c(-c3c4c([B])c([B])c([B])c([B])c4c(-c4ccc(-n5c(C([B])([B])C([B])([B])O)nc6ccccc65)c5ccccc45)c4c([B])c([B])c([B])c([B])c34)c([B])c([B])c([B])c2c1[B]. The highest BCUT2D eigenvalue weighted by molar-refractivity contribution is 6.75. The molecule has 0 spiro atoms. The summed E-state index contributed by atoms with van der Waals surface area (Å²) in [6.07, 6.45) is 0. The summed E-state index contributed by atoms with van der Waals surface area (Å²) in [6.45, 7) is 0. The van der Waals surface area contributed by atoms with Crippen LogP contribution in [0.15, 0.2) is 60.7 Å². The topological polar surface area (TPSA) is 38.0 Å². The van der Waals surface area contributed by atoms with Crippen LogP contribution in [-0.4, -0.2) is 169 Å². The van der Waals surface area contributed by atoms with Gasteiger partial charge in [0.2, 0.25) is 0 Å². The van der Waals surface area contributed by atoms with Crippen LogP contribution in [0.1, 0.15) is 5.82 Å². The number of nitrogens with zero attached hydrogens (tertiary/aromatic N) is 2. The Labute approximate surface area is 402 Å². The van der Waals surface area contributed by atoms with Gasteiger partial charge in [-0.15, -0.1) is 38.2 Å². The van der Waals surface area contributed by atoms with Crippen LogP contribution >= 0.6 is 0 Å². The van der Waals surface area contributed by atoms with Gasteiger partial charge in [-0.2, -0.15) is 0 Å². The molecule has 0 saturated heterocycles. The predicted molar refractivity (Wildman–Crippen MR) is 292 cm³/mol. The largest absolute Gasteiger partial charge is 0.410 e. The molecule has 38 radical (unpaired) electrons. The molecule has 1 heterocycles. The van der Waals surface area contributed by atoms with E-state index in [-0.39, 0.29) is 131 Å². The fraction of sp³-hybridized carbons (Fsp3) is 0.0465. The smallest absolute Gasteiger partial charge is 0.113 e. The lowest BCUT2D eigenvalue weighted by molar-refractivity contribution is 0.189.